The molecule has 0 aliphatic heterocycles. The third kappa shape index (κ3) is 3.98. The average molecular weight is 308 g/mol. The first-order valence-electron chi connectivity index (χ1n) is 6.81. The number of nitrogens with one attached hydrogen (secondary N) is 2. The number of benzene rings is 1. The summed E-state index contributed by atoms with van der Waals surface area (Å²) in [5, 5.41) is 9.21. The van der Waals surface area contributed by atoms with Crippen molar-refractivity contribution >= 4 is 17.3 Å². The zero-order valence-corrected chi connectivity index (χ0v) is 12.8. The summed E-state index contributed by atoms with van der Waals surface area (Å²) >= 11 is 5.92. The number of aromatic nitrogens is 2. The fourth-order valence-electron chi connectivity index (χ4n) is 1.87. The second-order valence-electron chi connectivity index (χ2n) is 4.72. The monoisotopic (exact) mass is 307 g/mol. The van der Waals surface area contributed by atoms with Crippen molar-refractivity contribution in [2.75, 3.05) is 11.9 Å². The van der Waals surface area contributed by atoms with Crippen LogP contribution in [0.25, 0.3) is 0 Å². The number of H-pyrrole nitrogens is 1. The smallest absolute Gasteiger partial charge is 0.285 e. The summed E-state index contributed by atoms with van der Waals surface area (Å²) in [6.07, 6.45) is 2.29. The Labute approximate surface area is 128 Å². The SMILES string of the molecule is CCC(CNc1cn[nH]c(=O)c1Cl)Oc1ccccc1C. The Kier molecular flexibility index (Phi) is 5.22. The molecule has 2 rings (SSSR count). The number of ether oxygens (including phenoxy) is 1. The van der Waals surface area contributed by atoms with Crippen molar-refractivity contribution in [2.45, 2.75) is 26.4 Å². The van der Waals surface area contributed by atoms with Crippen LogP contribution in [0.5, 0.6) is 5.75 Å². The van der Waals surface area contributed by atoms with Crippen molar-refractivity contribution in [1.29, 1.82) is 0 Å². The van der Waals surface area contributed by atoms with Crippen LogP contribution in [0, 0.1) is 6.92 Å². The van der Waals surface area contributed by atoms with Gasteiger partial charge in [0.2, 0.25) is 0 Å². The number of anilines is 1. The second-order valence-corrected chi connectivity index (χ2v) is 5.10. The van der Waals surface area contributed by atoms with Crippen LogP contribution in [-0.2, 0) is 0 Å². The summed E-state index contributed by atoms with van der Waals surface area (Å²) in [7, 11) is 0. The molecule has 0 saturated heterocycles. The number of para-hydroxylation sites is 1. The van der Waals surface area contributed by atoms with E-state index in [2.05, 4.69) is 15.5 Å². The average Bonchev–Trinajstić information content (AvgIpc) is 2.49. The molecule has 2 N–H and O–H groups in total. The lowest BCUT2D eigenvalue weighted by molar-refractivity contribution is 0.208. The maximum absolute atomic E-state index is 11.4. The molecule has 6 heteroatoms. The number of nitrogens with zero attached hydrogens (tertiary/aromatic N) is 1. The standard InChI is InChI=1S/C15H18ClN3O2/c1-3-11(21-13-7-5-4-6-10(13)2)8-17-12-9-18-19-15(20)14(12)16/h4-7,9,11H,3,8H2,1-2H3,(H2,17,19,20). The van der Waals surface area contributed by atoms with Crippen LogP contribution < -0.4 is 15.6 Å². The Bertz CT molecular complexity index is 657. The normalized spacial score (nSPS) is 12.0. The van der Waals surface area contributed by atoms with Crippen LogP contribution in [0.1, 0.15) is 18.9 Å². The largest absolute Gasteiger partial charge is 0.488 e. The number of halogens is 1. The zero-order chi connectivity index (χ0) is 15.2. The van der Waals surface area contributed by atoms with E-state index in [1.165, 1.54) is 6.20 Å². The van der Waals surface area contributed by atoms with Gasteiger partial charge in [-0.25, -0.2) is 5.10 Å². The third-order valence-electron chi connectivity index (χ3n) is 3.16. The van der Waals surface area contributed by atoms with Crippen molar-refractivity contribution in [3.8, 4) is 5.75 Å². The summed E-state index contributed by atoms with van der Waals surface area (Å²) in [4.78, 5) is 11.4. The molecule has 0 amide bonds. The first-order chi connectivity index (χ1) is 10.1. The lowest BCUT2D eigenvalue weighted by Crippen LogP contribution is -2.26. The van der Waals surface area contributed by atoms with E-state index in [0.29, 0.717) is 12.2 Å². The van der Waals surface area contributed by atoms with E-state index >= 15 is 0 Å². The first-order valence-corrected chi connectivity index (χ1v) is 7.19. The van der Waals surface area contributed by atoms with E-state index in [1.54, 1.807) is 0 Å². The maximum atomic E-state index is 11.4. The maximum Gasteiger partial charge on any atom is 0.285 e. The van der Waals surface area contributed by atoms with Gasteiger partial charge < -0.3 is 10.1 Å². The van der Waals surface area contributed by atoms with Gasteiger partial charge >= 0.3 is 0 Å². The highest BCUT2D eigenvalue weighted by Gasteiger charge is 2.11. The number of aromatic amines is 1. The van der Waals surface area contributed by atoms with Gasteiger partial charge in [-0.2, -0.15) is 5.10 Å². The number of hydrogen-bond donors (Lipinski definition) is 2. The quantitative estimate of drug-likeness (QED) is 0.861. The van der Waals surface area contributed by atoms with Crippen molar-refractivity contribution in [3.63, 3.8) is 0 Å². The van der Waals surface area contributed by atoms with E-state index in [4.69, 9.17) is 16.3 Å². The van der Waals surface area contributed by atoms with E-state index in [9.17, 15) is 4.79 Å². The van der Waals surface area contributed by atoms with Gasteiger partial charge in [-0.05, 0) is 25.0 Å². The minimum absolute atomic E-state index is 0.0264. The molecule has 1 aromatic heterocycles. The Morgan fingerprint density at radius 3 is 2.90 bits per heavy atom. The highest BCUT2D eigenvalue weighted by Crippen LogP contribution is 2.20. The Hall–Kier alpha value is -2.01. The highest BCUT2D eigenvalue weighted by molar-refractivity contribution is 6.32. The molecule has 0 spiro atoms. The molecule has 0 aliphatic rings. The topological polar surface area (TPSA) is 67.0 Å². The van der Waals surface area contributed by atoms with Crippen LogP contribution in [0.2, 0.25) is 5.02 Å². The summed E-state index contributed by atoms with van der Waals surface area (Å²) in [6, 6.07) is 7.87. The molecule has 1 aromatic carbocycles. The van der Waals surface area contributed by atoms with E-state index in [0.717, 1.165) is 17.7 Å². The van der Waals surface area contributed by atoms with Crippen LogP contribution in [0.15, 0.2) is 35.3 Å². The van der Waals surface area contributed by atoms with Gasteiger partial charge in [0.25, 0.3) is 5.56 Å². The molecule has 0 radical (unpaired) electrons. The van der Waals surface area contributed by atoms with Crippen molar-refractivity contribution in [2.24, 2.45) is 0 Å². The van der Waals surface area contributed by atoms with Gasteiger partial charge in [-0.1, -0.05) is 36.7 Å². The van der Waals surface area contributed by atoms with E-state index in [-0.39, 0.29) is 11.1 Å². The van der Waals surface area contributed by atoms with Gasteiger partial charge in [0, 0.05) is 0 Å². The molecule has 5 nitrogen and oxygen atoms in total. The van der Waals surface area contributed by atoms with Crippen molar-refractivity contribution in [1.82, 2.24) is 10.2 Å². The van der Waals surface area contributed by atoms with Gasteiger partial charge in [-0.3, -0.25) is 4.79 Å². The van der Waals surface area contributed by atoms with Gasteiger partial charge in [0.1, 0.15) is 16.9 Å². The molecule has 0 saturated carbocycles. The molecule has 1 atom stereocenters. The minimum Gasteiger partial charge on any atom is -0.488 e. The molecule has 2 aromatic rings. The lowest BCUT2D eigenvalue weighted by atomic mass is 10.2. The van der Waals surface area contributed by atoms with Crippen LogP contribution in [-0.4, -0.2) is 22.8 Å². The fraction of sp³-hybridized carbons (Fsp3) is 0.333. The summed E-state index contributed by atoms with van der Waals surface area (Å²) in [5.41, 5.74) is 1.19. The van der Waals surface area contributed by atoms with E-state index < -0.39 is 5.56 Å². The van der Waals surface area contributed by atoms with Crippen LogP contribution in [0.4, 0.5) is 5.69 Å². The van der Waals surface area contributed by atoms with Crippen molar-refractivity contribution < 1.29 is 4.74 Å². The van der Waals surface area contributed by atoms with Crippen molar-refractivity contribution in [3.05, 3.63) is 51.4 Å². The highest BCUT2D eigenvalue weighted by atomic mass is 35.5. The summed E-state index contributed by atoms with van der Waals surface area (Å²) < 4.78 is 5.97. The molecule has 1 unspecified atom stereocenters. The molecule has 21 heavy (non-hydrogen) atoms. The Morgan fingerprint density at radius 2 is 2.19 bits per heavy atom. The minimum atomic E-state index is -0.408. The zero-order valence-electron chi connectivity index (χ0n) is 12.0. The molecule has 0 aliphatic carbocycles. The lowest BCUT2D eigenvalue weighted by Gasteiger charge is -2.20. The Morgan fingerprint density at radius 1 is 1.43 bits per heavy atom. The molecule has 1 heterocycles. The molecule has 0 fully saturated rings. The Balaban J connectivity index is 2.02. The predicted molar refractivity (Wildman–Crippen MR) is 84.2 cm³/mol. The van der Waals surface area contributed by atoms with Gasteiger partial charge in [-0.15, -0.1) is 0 Å². The molecular formula is C15H18ClN3O2. The van der Waals surface area contributed by atoms with Gasteiger partial charge in [0.05, 0.1) is 18.4 Å². The third-order valence-corrected chi connectivity index (χ3v) is 3.53. The summed E-state index contributed by atoms with van der Waals surface area (Å²) in [5.74, 6) is 0.862. The number of hydrogen-bond acceptors (Lipinski definition) is 4. The van der Waals surface area contributed by atoms with Crippen LogP contribution in [0.3, 0.4) is 0 Å². The van der Waals surface area contributed by atoms with Crippen LogP contribution >= 0.6 is 11.6 Å². The second kappa shape index (κ2) is 7.13. The summed E-state index contributed by atoms with van der Waals surface area (Å²) in [6.45, 7) is 4.59. The molecular weight excluding hydrogens is 290 g/mol. The number of aryl methyl sites for hydroxylation is 1. The first kappa shape index (κ1) is 15.4. The predicted octanol–water partition coefficient (Wildman–Crippen LogP) is 3.00. The molecule has 112 valence electrons. The van der Waals surface area contributed by atoms with E-state index in [1.807, 2.05) is 38.1 Å². The fourth-order valence-corrected chi connectivity index (χ4v) is 2.03. The number of rotatable bonds is 6. The molecule has 0 bridgehead atoms. The van der Waals surface area contributed by atoms with Gasteiger partial charge in [0.15, 0.2) is 0 Å².